The molecule has 0 saturated heterocycles. The molecule has 1 N–H and O–H groups in total. The van der Waals surface area contributed by atoms with E-state index >= 15 is 0 Å². The molecule has 0 amide bonds. The Kier molecular flexibility index (Phi) is 2.81. The van der Waals surface area contributed by atoms with Gasteiger partial charge in [0.2, 0.25) is 0 Å². The molecule has 5 heteroatoms. The van der Waals surface area contributed by atoms with Crippen LogP contribution in [0.2, 0.25) is 0 Å². The molecule has 0 bridgehead atoms. The lowest BCUT2D eigenvalue weighted by molar-refractivity contribution is 0.0224. The smallest absolute Gasteiger partial charge is 0.340 e. The van der Waals surface area contributed by atoms with E-state index in [-0.39, 0.29) is 11.7 Å². The minimum Gasteiger partial charge on any atom is -0.508 e. The third-order valence-electron chi connectivity index (χ3n) is 4.72. The molecule has 122 valence electrons. The summed E-state index contributed by atoms with van der Waals surface area (Å²) >= 11 is 0. The molecule has 1 spiro atoms. The van der Waals surface area contributed by atoms with Gasteiger partial charge >= 0.3 is 5.97 Å². The number of rotatable bonds is 0. The van der Waals surface area contributed by atoms with Gasteiger partial charge in [0.15, 0.2) is 5.60 Å². The number of fused-ring (bicyclic) bond motifs is 6. The Morgan fingerprint density at radius 3 is 2.44 bits per heavy atom. The van der Waals surface area contributed by atoms with E-state index in [2.05, 4.69) is 9.24 Å². The highest BCUT2D eigenvalue weighted by Crippen LogP contribution is 2.56. The van der Waals surface area contributed by atoms with Crippen LogP contribution in [-0.2, 0) is 10.3 Å². The van der Waals surface area contributed by atoms with Crippen molar-refractivity contribution in [3.63, 3.8) is 0 Å². The number of benzene rings is 3. The number of carbonyl (C=O) groups excluding carboxylic acids is 1. The van der Waals surface area contributed by atoms with E-state index in [1.54, 1.807) is 24.3 Å². The maximum Gasteiger partial charge on any atom is 0.340 e. The van der Waals surface area contributed by atoms with Gasteiger partial charge in [0.25, 0.3) is 0 Å². The highest BCUT2D eigenvalue weighted by atomic mass is 31.0. The van der Waals surface area contributed by atoms with Crippen molar-refractivity contribution < 1.29 is 19.4 Å². The van der Waals surface area contributed by atoms with E-state index in [9.17, 15) is 9.90 Å². The zero-order valence-corrected chi connectivity index (χ0v) is 14.2. The Bertz CT molecular complexity index is 1010. The SMILES string of the molecule is O=C1OC2(c3ccc(O)cc3Oc3cc(P)ccc32)c2ccccc21. The minimum absolute atomic E-state index is 0.0944. The first-order chi connectivity index (χ1) is 12.1. The molecule has 4 nitrogen and oxygen atoms in total. The topological polar surface area (TPSA) is 55.8 Å². The van der Waals surface area contributed by atoms with Crippen molar-refractivity contribution in [1.29, 1.82) is 0 Å². The maximum absolute atomic E-state index is 12.6. The van der Waals surface area contributed by atoms with Crippen LogP contribution >= 0.6 is 9.24 Å². The van der Waals surface area contributed by atoms with Crippen molar-refractivity contribution in [2.24, 2.45) is 0 Å². The van der Waals surface area contributed by atoms with Gasteiger partial charge in [-0.2, -0.15) is 0 Å². The maximum atomic E-state index is 12.6. The molecule has 0 fully saturated rings. The van der Waals surface area contributed by atoms with Crippen LogP contribution in [0.25, 0.3) is 0 Å². The van der Waals surface area contributed by atoms with Crippen LogP contribution in [-0.4, -0.2) is 11.1 Å². The van der Waals surface area contributed by atoms with E-state index in [4.69, 9.17) is 9.47 Å². The summed E-state index contributed by atoms with van der Waals surface area (Å²) in [5.74, 6) is 0.817. The number of hydrogen-bond donors (Lipinski definition) is 1. The molecule has 2 aliphatic heterocycles. The van der Waals surface area contributed by atoms with Gasteiger partial charge in [0, 0.05) is 22.8 Å². The van der Waals surface area contributed by atoms with Crippen LogP contribution in [0.4, 0.5) is 0 Å². The second-order valence-electron chi connectivity index (χ2n) is 6.15. The first-order valence-electron chi connectivity index (χ1n) is 7.84. The summed E-state index contributed by atoms with van der Waals surface area (Å²) in [4.78, 5) is 12.6. The Balaban J connectivity index is 1.91. The van der Waals surface area contributed by atoms with Crippen molar-refractivity contribution >= 4 is 20.5 Å². The van der Waals surface area contributed by atoms with Gasteiger partial charge in [-0.3, -0.25) is 0 Å². The predicted molar refractivity (Wildman–Crippen MR) is 95.7 cm³/mol. The molecule has 2 aliphatic rings. The fraction of sp³-hybridized carbons (Fsp3) is 0.0500. The van der Waals surface area contributed by atoms with Crippen LogP contribution < -0.4 is 10.0 Å². The number of phenolic OH excluding ortho intramolecular Hbond substituents is 1. The van der Waals surface area contributed by atoms with E-state index in [1.165, 1.54) is 0 Å². The molecule has 0 aliphatic carbocycles. The van der Waals surface area contributed by atoms with Crippen LogP contribution in [0, 0.1) is 0 Å². The summed E-state index contributed by atoms with van der Waals surface area (Å²) in [7, 11) is 2.63. The number of hydrogen-bond acceptors (Lipinski definition) is 4. The molecule has 3 aromatic carbocycles. The number of esters is 1. The molecule has 5 rings (SSSR count). The van der Waals surface area contributed by atoms with Crippen molar-refractivity contribution in [3.8, 4) is 17.2 Å². The summed E-state index contributed by atoms with van der Waals surface area (Å²) in [6.07, 6.45) is 0. The molecule has 0 aromatic heterocycles. The summed E-state index contributed by atoms with van der Waals surface area (Å²) < 4.78 is 12.0. The Labute approximate surface area is 146 Å². The normalized spacial score (nSPS) is 19.6. The van der Waals surface area contributed by atoms with E-state index in [0.717, 1.165) is 16.4 Å². The Morgan fingerprint density at radius 2 is 1.60 bits per heavy atom. The van der Waals surface area contributed by atoms with Gasteiger partial charge in [-0.25, -0.2) is 4.79 Å². The van der Waals surface area contributed by atoms with Crippen LogP contribution in [0.1, 0.15) is 27.0 Å². The highest BCUT2D eigenvalue weighted by Gasteiger charge is 2.53. The average Bonchev–Trinajstić information content (AvgIpc) is 2.88. The molecule has 2 atom stereocenters. The Hall–Kier alpha value is -2.84. The monoisotopic (exact) mass is 348 g/mol. The van der Waals surface area contributed by atoms with Crippen LogP contribution in [0.15, 0.2) is 60.7 Å². The molecule has 0 saturated carbocycles. The van der Waals surface area contributed by atoms with E-state index in [0.29, 0.717) is 22.6 Å². The summed E-state index contributed by atoms with van der Waals surface area (Å²) in [6.45, 7) is 0. The molecule has 0 radical (unpaired) electrons. The molecular formula is C20H13O4P. The lowest BCUT2D eigenvalue weighted by Crippen LogP contribution is -2.33. The number of ether oxygens (including phenoxy) is 2. The van der Waals surface area contributed by atoms with Gasteiger partial charge in [-0.05, 0) is 35.6 Å². The fourth-order valence-electron chi connectivity index (χ4n) is 3.68. The van der Waals surface area contributed by atoms with Crippen LogP contribution in [0.5, 0.6) is 17.2 Å². The van der Waals surface area contributed by atoms with Gasteiger partial charge < -0.3 is 14.6 Å². The van der Waals surface area contributed by atoms with Gasteiger partial charge in [0.05, 0.1) is 5.56 Å². The second-order valence-corrected chi connectivity index (χ2v) is 6.82. The summed E-state index contributed by atoms with van der Waals surface area (Å²) in [6, 6.07) is 18.0. The third kappa shape index (κ3) is 1.83. The minimum atomic E-state index is -1.07. The van der Waals surface area contributed by atoms with E-state index < -0.39 is 5.60 Å². The average molecular weight is 348 g/mol. The zero-order chi connectivity index (χ0) is 17.2. The van der Waals surface area contributed by atoms with Crippen LogP contribution in [0.3, 0.4) is 0 Å². The first kappa shape index (κ1) is 14.5. The zero-order valence-electron chi connectivity index (χ0n) is 13.0. The summed E-state index contributed by atoms with van der Waals surface area (Å²) in [5.41, 5.74) is 1.74. The molecule has 3 aromatic rings. The van der Waals surface area contributed by atoms with Gasteiger partial charge in [-0.15, -0.1) is 9.24 Å². The molecule has 2 heterocycles. The standard InChI is InChI=1S/C20H13O4P/c21-11-5-7-15-17(9-11)23-18-10-12(25)6-8-16(18)20(15)14-4-2-1-3-13(14)19(22)24-20/h1-10,21H,25H2. The Morgan fingerprint density at radius 1 is 0.880 bits per heavy atom. The number of aromatic hydroxyl groups is 1. The van der Waals surface area contributed by atoms with E-state index in [1.807, 2.05) is 36.4 Å². The predicted octanol–water partition coefficient (Wildman–Crippen LogP) is 3.46. The summed E-state index contributed by atoms with van der Waals surface area (Å²) in [5, 5.41) is 10.8. The quantitative estimate of drug-likeness (QED) is 0.499. The highest BCUT2D eigenvalue weighted by molar-refractivity contribution is 7.27. The molecule has 2 unspecified atom stereocenters. The van der Waals surface area contributed by atoms with Crippen molar-refractivity contribution in [3.05, 3.63) is 82.9 Å². The van der Waals surface area contributed by atoms with Crippen molar-refractivity contribution in [1.82, 2.24) is 0 Å². The van der Waals surface area contributed by atoms with Gasteiger partial charge in [-0.1, -0.05) is 24.3 Å². The fourth-order valence-corrected chi connectivity index (χ4v) is 3.93. The van der Waals surface area contributed by atoms with Crippen molar-refractivity contribution in [2.75, 3.05) is 0 Å². The van der Waals surface area contributed by atoms with Crippen molar-refractivity contribution in [2.45, 2.75) is 5.60 Å². The third-order valence-corrected chi connectivity index (χ3v) is 5.08. The largest absolute Gasteiger partial charge is 0.508 e. The lowest BCUT2D eigenvalue weighted by atomic mass is 9.78. The van der Waals surface area contributed by atoms with Gasteiger partial charge in [0.1, 0.15) is 17.2 Å². The number of phenols is 1. The lowest BCUT2D eigenvalue weighted by Gasteiger charge is -2.36. The molecular weight excluding hydrogens is 335 g/mol. The second kappa shape index (κ2) is 4.84. The molecule has 25 heavy (non-hydrogen) atoms. The number of carbonyl (C=O) groups is 1. The first-order valence-corrected chi connectivity index (χ1v) is 8.41.